The predicted molar refractivity (Wildman–Crippen MR) is 106 cm³/mol. The molecule has 0 aliphatic heterocycles. The first kappa shape index (κ1) is 16.2. The molecule has 3 heteroatoms. The molecular weight excluding hydrogens is 318 g/mol. The summed E-state index contributed by atoms with van der Waals surface area (Å²) in [6, 6.07) is 22.5. The van der Waals surface area contributed by atoms with Gasteiger partial charge in [-0.2, -0.15) is 0 Å². The lowest BCUT2D eigenvalue weighted by Gasteiger charge is -2.10. The first-order chi connectivity index (χ1) is 12.7. The Morgan fingerprint density at radius 3 is 1.65 bits per heavy atom. The highest BCUT2D eigenvalue weighted by molar-refractivity contribution is 5.75. The Hall–Kier alpha value is -3.33. The predicted octanol–water partition coefficient (Wildman–Crippen LogP) is 5.49. The maximum Gasteiger partial charge on any atom is 0.0900 e. The van der Waals surface area contributed by atoms with Crippen molar-refractivity contribution in [1.29, 1.82) is 0 Å². The number of benzene rings is 1. The lowest BCUT2D eigenvalue weighted by atomic mass is 9.99. The van der Waals surface area contributed by atoms with Crippen molar-refractivity contribution in [2.75, 3.05) is 0 Å². The maximum absolute atomic E-state index is 4.81. The molecule has 4 rings (SSSR count). The van der Waals surface area contributed by atoms with E-state index in [1.807, 2.05) is 36.4 Å². The van der Waals surface area contributed by atoms with E-state index in [-0.39, 0.29) is 0 Å². The van der Waals surface area contributed by atoms with Gasteiger partial charge in [-0.1, -0.05) is 30.3 Å². The van der Waals surface area contributed by atoms with Crippen molar-refractivity contribution < 1.29 is 0 Å². The second-order valence-corrected chi connectivity index (χ2v) is 6.36. The van der Waals surface area contributed by atoms with Crippen molar-refractivity contribution in [1.82, 2.24) is 15.0 Å². The number of hydrogen-bond acceptors (Lipinski definition) is 3. The lowest BCUT2D eigenvalue weighted by molar-refractivity contribution is 1.22. The minimum absolute atomic E-state index is 0.849. The smallest absolute Gasteiger partial charge is 0.0900 e. The van der Waals surface area contributed by atoms with E-state index in [2.05, 4.69) is 54.1 Å². The third-order valence-electron chi connectivity index (χ3n) is 4.52. The molecule has 0 unspecified atom stereocenters. The quantitative estimate of drug-likeness (QED) is 0.496. The molecule has 0 aliphatic carbocycles. The van der Waals surface area contributed by atoms with Crippen LogP contribution >= 0.6 is 0 Å². The SMILES string of the molecule is Cc1ccc(-c2cc(-c3ccccn3)nc(-c3ccccn3)c2)cc1C. The fraction of sp³-hybridized carbons (Fsp3) is 0.0870. The first-order valence-corrected chi connectivity index (χ1v) is 8.63. The van der Waals surface area contributed by atoms with Gasteiger partial charge in [0.15, 0.2) is 0 Å². The molecule has 26 heavy (non-hydrogen) atoms. The van der Waals surface area contributed by atoms with Gasteiger partial charge in [0.1, 0.15) is 0 Å². The van der Waals surface area contributed by atoms with Gasteiger partial charge in [0.25, 0.3) is 0 Å². The van der Waals surface area contributed by atoms with Gasteiger partial charge in [-0.15, -0.1) is 0 Å². The average Bonchev–Trinajstić information content (AvgIpc) is 2.71. The van der Waals surface area contributed by atoms with Gasteiger partial charge in [0, 0.05) is 12.4 Å². The number of nitrogens with zero attached hydrogens (tertiary/aromatic N) is 3. The Balaban J connectivity index is 1.92. The van der Waals surface area contributed by atoms with E-state index >= 15 is 0 Å². The second-order valence-electron chi connectivity index (χ2n) is 6.36. The fourth-order valence-corrected chi connectivity index (χ4v) is 2.91. The van der Waals surface area contributed by atoms with E-state index in [1.165, 1.54) is 16.7 Å². The maximum atomic E-state index is 4.81. The van der Waals surface area contributed by atoms with Crippen LogP contribution in [-0.2, 0) is 0 Å². The van der Waals surface area contributed by atoms with Crippen LogP contribution < -0.4 is 0 Å². The van der Waals surface area contributed by atoms with Crippen molar-refractivity contribution in [3.63, 3.8) is 0 Å². The number of rotatable bonds is 3. The van der Waals surface area contributed by atoms with Gasteiger partial charge >= 0.3 is 0 Å². The summed E-state index contributed by atoms with van der Waals surface area (Å²) >= 11 is 0. The number of aromatic nitrogens is 3. The Kier molecular flexibility index (Phi) is 4.28. The molecule has 1 aromatic carbocycles. The molecule has 3 nitrogen and oxygen atoms in total. The molecule has 3 aromatic heterocycles. The highest BCUT2D eigenvalue weighted by Gasteiger charge is 2.10. The molecule has 0 spiro atoms. The normalized spacial score (nSPS) is 10.7. The molecule has 0 amide bonds. The molecule has 0 saturated heterocycles. The van der Waals surface area contributed by atoms with Gasteiger partial charge in [-0.25, -0.2) is 4.98 Å². The van der Waals surface area contributed by atoms with Crippen LogP contribution in [0.2, 0.25) is 0 Å². The molecule has 0 aliphatic rings. The number of pyridine rings is 3. The largest absolute Gasteiger partial charge is 0.255 e. The molecule has 0 saturated carbocycles. The van der Waals surface area contributed by atoms with Crippen LogP contribution in [0.4, 0.5) is 0 Å². The summed E-state index contributed by atoms with van der Waals surface area (Å²) in [4.78, 5) is 13.7. The van der Waals surface area contributed by atoms with Crippen LogP contribution in [0.1, 0.15) is 11.1 Å². The molecule has 0 atom stereocenters. The molecular formula is C23H19N3. The van der Waals surface area contributed by atoms with Crippen LogP contribution in [-0.4, -0.2) is 15.0 Å². The van der Waals surface area contributed by atoms with Crippen molar-refractivity contribution in [3.8, 4) is 33.9 Å². The molecule has 3 heterocycles. The van der Waals surface area contributed by atoms with E-state index in [9.17, 15) is 0 Å². The summed E-state index contributed by atoms with van der Waals surface area (Å²) in [7, 11) is 0. The Bertz CT molecular complexity index is 984. The van der Waals surface area contributed by atoms with Gasteiger partial charge in [0.2, 0.25) is 0 Å². The molecule has 126 valence electrons. The summed E-state index contributed by atoms with van der Waals surface area (Å²) in [6.07, 6.45) is 3.58. The standard InChI is InChI=1S/C23H19N3/c1-16-9-10-18(13-17(16)2)19-14-22(20-7-3-5-11-24-20)26-23(15-19)21-8-4-6-12-25-21/h3-15H,1-2H3. The third-order valence-corrected chi connectivity index (χ3v) is 4.52. The van der Waals surface area contributed by atoms with Crippen LogP contribution in [0.5, 0.6) is 0 Å². The molecule has 4 aromatic rings. The number of aryl methyl sites for hydroxylation is 2. The summed E-state index contributed by atoms with van der Waals surface area (Å²) in [5.74, 6) is 0. The molecule has 0 radical (unpaired) electrons. The van der Waals surface area contributed by atoms with E-state index in [0.717, 1.165) is 28.3 Å². The summed E-state index contributed by atoms with van der Waals surface area (Å²) in [6.45, 7) is 4.27. The van der Waals surface area contributed by atoms with Gasteiger partial charge < -0.3 is 0 Å². The average molecular weight is 337 g/mol. The van der Waals surface area contributed by atoms with Crippen LogP contribution in [0.25, 0.3) is 33.9 Å². The number of hydrogen-bond donors (Lipinski definition) is 0. The summed E-state index contributed by atoms with van der Waals surface area (Å²) < 4.78 is 0. The van der Waals surface area contributed by atoms with E-state index in [1.54, 1.807) is 12.4 Å². The second kappa shape index (κ2) is 6.89. The van der Waals surface area contributed by atoms with Crippen LogP contribution in [0, 0.1) is 13.8 Å². The zero-order chi connectivity index (χ0) is 17.9. The molecule has 0 bridgehead atoms. The van der Waals surface area contributed by atoms with Gasteiger partial charge in [-0.05, 0) is 72.5 Å². The highest BCUT2D eigenvalue weighted by atomic mass is 14.8. The zero-order valence-electron chi connectivity index (χ0n) is 14.8. The zero-order valence-corrected chi connectivity index (χ0v) is 14.8. The lowest BCUT2D eigenvalue weighted by Crippen LogP contribution is -1.94. The highest BCUT2D eigenvalue weighted by Crippen LogP contribution is 2.29. The Morgan fingerprint density at radius 2 is 1.15 bits per heavy atom. The Morgan fingerprint density at radius 1 is 0.538 bits per heavy atom. The van der Waals surface area contributed by atoms with Crippen LogP contribution in [0.15, 0.2) is 79.1 Å². The van der Waals surface area contributed by atoms with Crippen molar-refractivity contribution in [2.24, 2.45) is 0 Å². The van der Waals surface area contributed by atoms with Crippen LogP contribution in [0.3, 0.4) is 0 Å². The third kappa shape index (κ3) is 3.24. The minimum atomic E-state index is 0.849. The van der Waals surface area contributed by atoms with Crippen molar-refractivity contribution >= 4 is 0 Å². The first-order valence-electron chi connectivity index (χ1n) is 8.63. The van der Waals surface area contributed by atoms with Gasteiger partial charge in [0.05, 0.1) is 22.8 Å². The van der Waals surface area contributed by atoms with E-state index in [4.69, 9.17) is 4.98 Å². The molecule has 0 N–H and O–H groups in total. The van der Waals surface area contributed by atoms with Gasteiger partial charge in [-0.3, -0.25) is 9.97 Å². The monoisotopic (exact) mass is 337 g/mol. The fourth-order valence-electron chi connectivity index (χ4n) is 2.91. The topological polar surface area (TPSA) is 38.7 Å². The molecule has 0 fully saturated rings. The van der Waals surface area contributed by atoms with Crippen molar-refractivity contribution in [2.45, 2.75) is 13.8 Å². The van der Waals surface area contributed by atoms with E-state index in [0.29, 0.717) is 0 Å². The van der Waals surface area contributed by atoms with E-state index < -0.39 is 0 Å². The Labute approximate surface area is 153 Å². The summed E-state index contributed by atoms with van der Waals surface area (Å²) in [5, 5.41) is 0. The van der Waals surface area contributed by atoms with Crippen molar-refractivity contribution in [3.05, 3.63) is 90.3 Å². The summed E-state index contributed by atoms with van der Waals surface area (Å²) in [5.41, 5.74) is 8.26. The minimum Gasteiger partial charge on any atom is -0.255 e.